The van der Waals surface area contributed by atoms with E-state index in [0.29, 0.717) is 39.6 Å². The Balaban J connectivity index is 1.52. The van der Waals surface area contributed by atoms with Crippen molar-refractivity contribution >= 4 is 26.9 Å². The Morgan fingerprint density at radius 2 is 1.86 bits per heavy atom. The molecule has 2 heterocycles. The summed E-state index contributed by atoms with van der Waals surface area (Å²) < 4.78 is 33.8. The summed E-state index contributed by atoms with van der Waals surface area (Å²) in [7, 11) is -3.13. The first kappa shape index (κ1) is 18.8. The molecule has 0 aliphatic rings. The first-order chi connectivity index (χ1) is 13.9. The number of pyridine rings is 1. The van der Waals surface area contributed by atoms with Gasteiger partial charge in [0.05, 0.1) is 11.3 Å². The molecule has 4 rings (SSSR count). The van der Waals surface area contributed by atoms with Crippen molar-refractivity contribution in [2.75, 3.05) is 6.26 Å². The topological polar surface area (TPSA) is 99.4 Å². The van der Waals surface area contributed by atoms with Crippen LogP contribution in [0.5, 0.6) is 5.75 Å². The molecule has 0 spiro atoms. The molecule has 2 aromatic carbocycles. The molecular formula is C21H16N2O5S. The molecule has 0 fully saturated rings. The Labute approximate surface area is 166 Å². The average molecular weight is 408 g/mol. The largest absolute Gasteiger partial charge is 0.435 e. The highest BCUT2D eigenvalue weighted by atomic mass is 32.2. The van der Waals surface area contributed by atoms with Gasteiger partial charge in [0, 0.05) is 18.5 Å². The molecule has 8 heteroatoms. The first-order valence-corrected chi connectivity index (χ1v) is 10.7. The van der Waals surface area contributed by atoms with E-state index in [1.54, 1.807) is 48.7 Å². The number of carbonyl (C=O) groups excluding carboxylic acids is 1. The normalized spacial score (nSPS) is 11.5. The van der Waals surface area contributed by atoms with E-state index in [1.165, 1.54) is 12.1 Å². The van der Waals surface area contributed by atoms with Crippen LogP contribution in [0.3, 0.4) is 0 Å². The van der Waals surface area contributed by atoms with Crippen LogP contribution < -0.4 is 4.74 Å². The Morgan fingerprint density at radius 1 is 1.07 bits per heavy atom. The van der Waals surface area contributed by atoms with E-state index in [0.717, 1.165) is 6.26 Å². The molecular weight excluding hydrogens is 392 g/mol. The maximum absolute atomic E-state index is 12.4. The molecule has 0 aliphatic carbocycles. The number of carbonyl (C=O) groups is 1. The van der Waals surface area contributed by atoms with Gasteiger partial charge >= 0.3 is 5.97 Å². The lowest BCUT2D eigenvalue weighted by molar-refractivity contribution is 0.0735. The van der Waals surface area contributed by atoms with Gasteiger partial charge in [0.15, 0.2) is 15.4 Å². The van der Waals surface area contributed by atoms with E-state index >= 15 is 0 Å². The molecule has 4 aromatic rings. The lowest BCUT2D eigenvalue weighted by Gasteiger charge is -2.05. The summed E-state index contributed by atoms with van der Waals surface area (Å²) in [6.07, 6.45) is 2.81. The minimum Gasteiger partial charge on any atom is -0.435 e. The predicted octanol–water partition coefficient (Wildman–Crippen LogP) is 3.65. The van der Waals surface area contributed by atoms with Gasteiger partial charge in [-0.3, -0.25) is 4.98 Å². The van der Waals surface area contributed by atoms with Gasteiger partial charge in [0.2, 0.25) is 5.89 Å². The number of fused-ring (bicyclic) bond motifs is 1. The third kappa shape index (κ3) is 4.49. The van der Waals surface area contributed by atoms with Crippen LogP contribution in [0.1, 0.15) is 15.9 Å². The molecule has 0 N–H and O–H groups in total. The van der Waals surface area contributed by atoms with Crippen molar-refractivity contribution in [1.29, 1.82) is 0 Å². The van der Waals surface area contributed by atoms with E-state index in [9.17, 15) is 13.2 Å². The van der Waals surface area contributed by atoms with Gasteiger partial charge in [-0.1, -0.05) is 18.2 Å². The molecule has 29 heavy (non-hydrogen) atoms. The van der Waals surface area contributed by atoms with Crippen LogP contribution in [-0.4, -0.2) is 30.6 Å². The Bertz CT molecular complexity index is 1280. The van der Waals surface area contributed by atoms with Crippen molar-refractivity contribution in [2.45, 2.75) is 5.75 Å². The van der Waals surface area contributed by atoms with Crippen LogP contribution >= 0.6 is 0 Å². The number of hydrogen-bond donors (Lipinski definition) is 0. The zero-order chi connectivity index (χ0) is 20.4. The van der Waals surface area contributed by atoms with Crippen molar-refractivity contribution in [3.05, 3.63) is 78.0 Å². The van der Waals surface area contributed by atoms with Crippen LogP contribution in [0.15, 0.2) is 71.3 Å². The number of aromatic nitrogens is 2. The van der Waals surface area contributed by atoms with Gasteiger partial charge in [0.1, 0.15) is 17.0 Å². The fraction of sp³-hybridized carbons (Fsp3) is 0.0952. The summed E-state index contributed by atoms with van der Waals surface area (Å²) in [5.74, 6) is 0.0556. The van der Waals surface area contributed by atoms with E-state index in [2.05, 4.69) is 9.97 Å². The van der Waals surface area contributed by atoms with Gasteiger partial charge in [-0.05, 0) is 42.0 Å². The zero-order valence-corrected chi connectivity index (χ0v) is 16.2. The molecule has 0 bridgehead atoms. The number of rotatable bonds is 5. The van der Waals surface area contributed by atoms with Crippen molar-refractivity contribution in [3.8, 4) is 17.3 Å². The molecule has 2 aromatic heterocycles. The summed E-state index contributed by atoms with van der Waals surface area (Å²) >= 11 is 0. The Hall–Kier alpha value is -3.52. The first-order valence-electron chi connectivity index (χ1n) is 8.68. The lowest BCUT2D eigenvalue weighted by atomic mass is 10.1. The molecule has 0 saturated heterocycles. The van der Waals surface area contributed by atoms with E-state index in [-0.39, 0.29) is 5.75 Å². The van der Waals surface area contributed by atoms with Crippen LogP contribution in [0.4, 0.5) is 0 Å². The number of oxazole rings is 1. The highest BCUT2D eigenvalue weighted by molar-refractivity contribution is 7.89. The third-order valence-electron chi connectivity index (χ3n) is 4.07. The summed E-state index contributed by atoms with van der Waals surface area (Å²) in [6.45, 7) is 0. The highest BCUT2D eigenvalue weighted by Gasteiger charge is 2.13. The molecule has 0 amide bonds. The second-order valence-electron chi connectivity index (χ2n) is 6.52. The van der Waals surface area contributed by atoms with Crippen LogP contribution in [0, 0.1) is 0 Å². The Kier molecular flexibility index (Phi) is 4.85. The number of esters is 1. The molecule has 0 aliphatic heterocycles. The second kappa shape index (κ2) is 7.48. The molecule has 7 nitrogen and oxygen atoms in total. The standard InChI is InChI=1S/C21H16N2O5S/c1-29(25,26)13-14-5-7-15(8-6-14)21(24)27-16-9-10-17-19(12-16)28-20(23-17)18-4-2-3-11-22-18/h2-12H,13H2,1H3. The number of nitrogens with zero attached hydrogens (tertiary/aromatic N) is 2. The van der Waals surface area contributed by atoms with Gasteiger partial charge in [0.25, 0.3) is 0 Å². The van der Waals surface area contributed by atoms with E-state index in [4.69, 9.17) is 9.15 Å². The van der Waals surface area contributed by atoms with Gasteiger partial charge in [-0.25, -0.2) is 18.2 Å². The van der Waals surface area contributed by atoms with Crippen LogP contribution in [0.25, 0.3) is 22.7 Å². The zero-order valence-electron chi connectivity index (χ0n) is 15.4. The van der Waals surface area contributed by atoms with Crippen molar-refractivity contribution < 1.29 is 22.4 Å². The number of sulfone groups is 1. The fourth-order valence-corrected chi connectivity index (χ4v) is 3.57. The molecule has 146 valence electrons. The Morgan fingerprint density at radius 3 is 2.55 bits per heavy atom. The minimum absolute atomic E-state index is 0.0803. The van der Waals surface area contributed by atoms with Gasteiger partial charge in [-0.2, -0.15) is 0 Å². The fourth-order valence-electron chi connectivity index (χ4n) is 2.77. The van der Waals surface area contributed by atoms with Gasteiger partial charge in [-0.15, -0.1) is 0 Å². The molecule has 0 saturated carbocycles. The predicted molar refractivity (Wildman–Crippen MR) is 107 cm³/mol. The summed E-state index contributed by atoms with van der Waals surface area (Å²) in [5.41, 5.74) is 2.62. The number of benzene rings is 2. The quantitative estimate of drug-likeness (QED) is 0.367. The van der Waals surface area contributed by atoms with Gasteiger partial charge < -0.3 is 9.15 Å². The molecule has 0 radical (unpaired) electrons. The monoisotopic (exact) mass is 408 g/mol. The van der Waals surface area contributed by atoms with Crippen molar-refractivity contribution in [1.82, 2.24) is 9.97 Å². The lowest BCUT2D eigenvalue weighted by Crippen LogP contribution is -2.09. The summed E-state index contributed by atoms with van der Waals surface area (Å²) in [4.78, 5) is 21.0. The number of hydrogen-bond acceptors (Lipinski definition) is 7. The van der Waals surface area contributed by atoms with Crippen LogP contribution in [0.2, 0.25) is 0 Å². The van der Waals surface area contributed by atoms with E-state index < -0.39 is 15.8 Å². The van der Waals surface area contributed by atoms with Crippen LogP contribution in [-0.2, 0) is 15.6 Å². The SMILES string of the molecule is CS(=O)(=O)Cc1ccc(C(=O)Oc2ccc3nc(-c4ccccn4)oc3c2)cc1. The van der Waals surface area contributed by atoms with E-state index in [1.807, 2.05) is 6.07 Å². The molecule has 0 atom stereocenters. The summed E-state index contributed by atoms with van der Waals surface area (Å²) in [5, 5.41) is 0. The van der Waals surface area contributed by atoms with Crippen molar-refractivity contribution in [2.24, 2.45) is 0 Å². The molecule has 0 unspecified atom stereocenters. The third-order valence-corrected chi connectivity index (χ3v) is 4.93. The van der Waals surface area contributed by atoms with Crippen molar-refractivity contribution in [3.63, 3.8) is 0 Å². The second-order valence-corrected chi connectivity index (χ2v) is 8.66. The number of ether oxygens (including phenoxy) is 1. The smallest absolute Gasteiger partial charge is 0.343 e. The maximum Gasteiger partial charge on any atom is 0.343 e. The average Bonchev–Trinajstić information content (AvgIpc) is 3.11. The summed E-state index contributed by atoms with van der Waals surface area (Å²) in [6, 6.07) is 16.6. The highest BCUT2D eigenvalue weighted by Crippen LogP contribution is 2.26. The minimum atomic E-state index is -3.13. The maximum atomic E-state index is 12.4.